The van der Waals surface area contributed by atoms with Crippen molar-refractivity contribution < 1.29 is 29.6 Å². The number of carboxylic acid groups (broad SMARTS) is 1. The summed E-state index contributed by atoms with van der Waals surface area (Å²) in [4.78, 5) is 44.8. The molecule has 0 aliphatic carbocycles. The van der Waals surface area contributed by atoms with E-state index in [0.717, 1.165) is 83.7 Å². The summed E-state index contributed by atoms with van der Waals surface area (Å²) in [6, 6.07) is -0.447. The second-order valence-corrected chi connectivity index (χ2v) is 18.7. The SMILES string of the molecule is CCCCCCCCCC(=O)[O-].CCCCCCCCCC(C)=O.CCCCCCCCCCCCCCCC(=O)NCCCC[C@@H](N)C(=O)NCCCCCCCC[NH2+]CCCN. The van der Waals surface area contributed by atoms with E-state index in [1.165, 1.54) is 173 Å². The molecule has 0 heterocycles. The van der Waals surface area contributed by atoms with Crippen molar-refractivity contribution in [2.75, 3.05) is 32.7 Å². The molecule has 2 amide bonds. The predicted octanol–water partition coefficient (Wildman–Crippen LogP) is 11.0. The molecule has 1 atom stereocenters. The predicted molar refractivity (Wildman–Crippen MR) is 272 cm³/mol. The summed E-state index contributed by atoms with van der Waals surface area (Å²) in [6.07, 6.45) is 46.7. The van der Waals surface area contributed by atoms with Crippen LogP contribution in [0.2, 0.25) is 0 Å². The zero-order valence-corrected chi connectivity index (χ0v) is 43.2. The van der Waals surface area contributed by atoms with Gasteiger partial charge in [0.25, 0.3) is 0 Å². The first-order valence-corrected chi connectivity index (χ1v) is 27.7. The molecule has 0 aromatic heterocycles. The van der Waals surface area contributed by atoms with Crippen molar-refractivity contribution in [2.45, 2.75) is 291 Å². The van der Waals surface area contributed by atoms with Crippen molar-refractivity contribution >= 4 is 23.6 Å². The molecule has 0 aliphatic heterocycles. The fourth-order valence-corrected chi connectivity index (χ4v) is 7.67. The van der Waals surface area contributed by atoms with Crippen LogP contribution in [0, 0.1) is 0 Å². The Morgan fingerprint density at radius 2 is 0.812 bits per heavy atom. The molecule has 64 heavy (non-hydrogen) atoms. The highest BCUT2D eigenvalue weighted by Gasteiger charge is 2.12. The lowest BCUT2D eigenvalue weighted by atomic mass is 10.0. The Kier molecular flexibility index (Phi) is 61.0. The molecule has 0 bridgehead atoms. The summed E-state index contributed by atoms with van der Waals surface area (Å²) in [6.45, 7) is 12.9. The second-order valence-electron chi connectivity index (χ2n) is 18.7. The van der Waals surface area contributed by atoms with Crippen molar-refractivity contribution in [1.82, 2.24) is 10.6 Å². The highest BCUT2D eigenvalue weighted by Crippen LogP contribution is 2.14. The fourth-order valence-electron chi connectivity index (χ4n) is 7.67. The molecule has 8 N–H and O–H groups in total. The minimum Gasteiger partial charge on any atom is -0.550 e. The minimum absolute atomic E-state index is 0.0422. The van der Waals surface area contributed by atoms with Crippen molar-refractivity contribution in [3.63, 3.8) is 0 Å². The topological polar surface area (TPSA) is 184 Å². The lowest BCUT2D eigenvalue weighted by Gasteiger charge is -2.12. The quantitative estimate of drug-likeness (QED) is 0.0376. The third-order valence-electron chi connectivity index (χ3n) is 12.0. The molecule has 382 valence electrons. The monoisotopic (exact) mass is 910 g/mol. The number of nitrogens with two attached hydrogens (primary N) is 3. The minimum atomic E-state index is -0.913. The van der Waals surface area contributed by atoms with E-state index in [1.54, 1.807) is 6.92 Å². The number of amides is 2. The van der Waals surface area contributed by atoms with Gasteiger partial charge in [-0.15, -0.1) is 0 Å². The number of unbranched alkanes of at least 4 members (excludes halogenated alkanes) is 30. The van der Waals surface area contributed by atoms with Gasteiger partial charge in [-0.1, -0.05) is 194 Å². The summed E-state index contributed by atoms with van der Waals surface area (Å²) in [5.74, 6) is -0.461. The first kappa shape index (κ1) is 66.2. The van der Waals surface area contributed by atoms with Crippen LogP contribution in [0.3, 0.4) is 0 Å². The number of carboxylic acids is 1. The third kappa shape index (κ3) is 64.2. The van der Waals surface area contributed by atoms with Gasteiger partial charge in [0, 0.05) is 38.3 Å². The second kappa shape index (κ2) is 59.0. The molecule has 0 rings (SSSR count). The number of aliphatic carboxylic acids is 1. The van der Waals surface area contributed by atoms with Gasteiger partial charge in [0.05, 0.1) is 19.1 Å². The van der Waals surface area contributed by atoms with Crippen LogP contribution in [-0.2, 0) is 19.2 Å². The summed E-state index contributed by atoms with van der Waals surface area (Å²) >= 11 is 0. The number of Topliss-reactive ketones (excluding diaryl/α,β-unsaturated/α-hetero) is 1. The van der Waals surface area contributed by atoms with Gasteiger partial charge in [-0.05, 0) is 77.7 Å². The van der Waals surface area contributed by atoms with E-state index in [4.69, 9.17) is 11.5 Å². The normalized spacial score (nSPS) is 11.3. The zero-order valence-electron chi connectivity index (χ0n) is 43.2. The highest BCUT2D eigenvalue weighted by atomic mass is 16.4. The molecular weight excluding hydrogens is 799 g/mol. The number of quaternary nitrogens is 1. The summed E-state index contributed by atoms with van der Waals surface area (Å²) in [7, 11) is 0. The summed E-state index contributed by atoms with van der Waals surface area (Å²) < 4.78 is 0. The number of carbonyl (C=O) groups excluding carboxylic acids is 4. The molecule has 0 aliphatic rings. The maximum Gasteiger partial charge on any atom is 0.236 e. The maximum atomic E-state index is 12.2. The van der Waals surface area contributed by atoms with Crippen molar-refractivity contribution in [2.24, 2.45) is 11.5 Å². The Labute approximate surface area is 397 Å². The van der Waals surface area contributed by atoms with Gasteiger partial charge in [0.15, 0.2) is 0 Å². The molecule has 0 aromatic rings. The Balaban J connectivity index is -0.00000125. The molecule has 10 nitrogen and oxygen atoms in total. The van der Waals surface area contributed by atoms with Crippen LogP contribution in [0.1, 0.15) is 285 Å². The number of hydrogen-bond donors (Lipinski definition) is 5. The molecule has 10 heteroatoms. The molecule has 0 radical (unpaired) electrons. The molecule has 0 aromatic carbocycles. The Bertz CT molecular complexity index is 940. The zero-order chi connectivity index (χ0) is 47.8. The number of rotatable bonds is 48. The van der Waals surface area contributed by atoms with Gasteiger partial charge in [0.1, 0.15) is 5.78 Å². The number of ketones is 1. The summed E-state index contributed by atoms with van der Waals surface area (Å²) in [5, 5.41) is 18.4. The van der Waals surface area contributed by atoms with E-state index in [9.17, 15) is 24.3 Å². The van der Waals surface area contributed by atoms with Gasteiger partial charge in [0.2, 0.25) is 11.8 Å². The lowest BCUT2D eigenvalue weighted by Crippen LogP contribution is -2.84. The third-order valence-corrected chi connectivity index (χ3v) is 12.0. The largest absolute Gasteiger partial charge is 0.550 e. The van der Waals surface area contributed by atoms with Crippen LogP contribution in [0.5, 0.6) is 0 Å². The number of carbonyl (C=O) groups is 4. The van der Waals surface area contributed by atoms with Crippen molar-refractivity contribution in [3.05, 3.63) is 0 Å². The van der Waals surface area contributed by atoms with E-state index in [0.29, 0.717) is 31.7 Å². The van der Waals surface area contributed by atoms with Gasteiger partial charge >= 0.3 is 0 Å². The van der Waals surface area contributed by atoms with Crippen LogP contribution in [0.15, 0.2) is 0 Å². The fraction of sp³-hybridized carbons (Fsp3) is 0.926. The molecule has 0 saturated carbocycles. The molecular formula is C54H111N5O5. The molecule has 0 fully saturated rings. The van der Waals surface area contributed by atoms with Gasteiger partial charge in [-0.2, -0.15) is 0 Å². The van der Waals surface area contributed by atoms with Crippen LogP contribution < -0.4 is 32.5 Å². The van der Waals surface area contributed by atoms with E-state index < -0.39 is 12.0 Å². The van der Waals surface area contributed by atoms with Crippen LogP contribution in [0.25, 0.3) is 0 Å². The maximum absolute atomic E-state index is 12.2. The Morgan fingerprint density at radius 3 is 1.25 bits per heavy atom. The Morgan fingerprint density at radius 1 is 0.453 bits per heavy atom. The van der Waals surface area contributed by atoms with Gasteiger partial charge in [-0.25, -0.2) is 0 Å². The highest BCUT2D eigenvalue weighted by molar-refractivity contribution is 5.81. The van der Waals surface area contributed by atoms with Crippen LogP contribution in [-0.4, -0.2) is 62.3 Å². The van der Waals surface area contributed by atoms with E-state index in [2.05, 4.69) is 36.7 Å². The average molecular weight is 911 g/mol. The van der Waals surface area contributed by atoms with Crippen molar-refractivity contribution in [3.8, 4) is 0 Å². The molecule has 0 saturated heterocycles. The molecule has 0 spiro atoms. The smallest absolute Gasteiger partial charge is 0.236 e. The van der Waals surface area contributed by atoms with Crippen molar-refractivity contribution in [1.29, 1.82) is 0 Å². The Hall–Kier alpha value is -2.04. The lowest BCUT2D eigenvalue weighted by molar-refractivity contribution is -0.655. The number of hydrogen-bond acceptors (Lipinski definition) is 7. The van der Waals surface area contributed by atoms with E-state index in [-0.39, 0.29) is 18.2 Å². The average Bonchev–Trinajstić information content (AvgIpc) is 3.27. The summed E-state index contributed by atoms with van der Waals surface area (Å²) in [5.41, 5.74) is 11.6. The van der Waals surface area contributed by atoms with E-state index in [1.807, 2.05) is 0 Å². The van der Waals surface area contributed by atoms with Crippen LogP contribution >= 0.6 is 0 Å². The number of nitrogens with one attached hydrogen (secondary N) is 2. The first-order chi connectivity index (χ1) is 31.2. The van der Waals surface area contributed by atoms with Crippen LogP contribution in [0.4, 0.5) is 0 Å². The standard InChI is InChI=1S/C33H69N5O2.C11H22O.C10H20O2/c1-2-3-4-5-6-7-8-9-10-11-12-15-18-25-32(39)37-29-22-19-24-31(35)33(40)38-30-21-17-14-13-16-20-27-36-28-23-26-34;1-3-4-5-6-7-8-9-10-11(2)12;1-2-3-4-5-6-7-8-9-10(11)12/h31,36H,2-30,34-35H2,1H3,(H,37,39)(H,38,40);3-10H2,1-2H3;2-9H2,1H3,(H,11,12)/t31-;;/m1../s1. The molecule has 0 unspecified atom stereocenters. The van der Waals surface area contributed by atoms with E-state index >= 15 is 0 Å². The first-order valence-electron chi connectivity index (χ1n) is 27.7. The van der Waals surface area contributed by atoms with Gasteiger partial charge < -0.3 is 42.1 Å². The van der Waals surface area contributed by atoms with Gasteiger partial charge in [-0.3, -0.25) is 9.59 Å².